The number of fused-ring (bicyclic) bond motifs is 1. The number of carbonyl (C=O) groups excluding carboxylic acids is 1. The predicted octanol–water partition coefficient (Wildman–Crippen LogP) is 4.61. The fourth-order valence-corrected chi connectivity index (χ4v) is 3.96. The van der Waals surface area contributed by atoms with Gasteiger partial charge in [-0.1, -0.05) is 0 Å². The number of hydrogen-bond acceptors (Lipinski definition) is 4. The molecule has 0 saturated carbocycles. The molecule has 0 aliphatic carbocycles. The molecule has 2 heterocycles. The Morgan fingerprint density at radius 1 is 0.969 bits per heavy atom. The molecule has 1 aromatic heterocycles. The van der Waals surface area contributed by atoms with Crippen LogP contribution in [0.5, 0.6) is 0 Å². The summed E-state index contributed by atoms with van der Waals surface area (Å²) in [7, 11) is 0. The summed E-state index contributed by atoms with van der Waals surface area (Å²) < 4.78 is 53.9. The van der Waals surface area contributed by atoms with Crippen molar-refractivity contribution in [2.75, 3.05) is 16.5 Å². The van der Waals surface area contributed by atoms with Gasteiger partial charge in [0, 0.05) is 11.4 Å². The minimum Gasteiger partial charge on any atom is -0.322 e. The highest BCUT2D eigenvalue weighted by Crippen LogP contribution is 2.41. The van der Waals surface area contributed by atoms with Gasteiger partial charge in [-0.05, 0) is 62.7 Å². The number of H-pyrrole nitrogens is 1. The van der Waals surface area contributed by atoms with E-state index < -0.39 is 29.2 Å². The molecule has 0 spiro atoms. The number of alkyl halides is 3. The predicted molar refractivity (Wildman–Crippen MR) is 111 cm³/mol. The first kappa shape index (κ1) is 21.5. The summed E-state index contributed by atoms with van der Waals surface area (Å²) in [6.45, 7) is 4.65. The summed E-state index contributed by atoms with van der Waals surface area (Å²) in [5, 5.41) is 0. The summed E-state index contributed by atoms with van der Waals surface area (Å²) in [5.74, 6) is -1.03. The second kappa shape index (κ2) is 7.47. The van der Waals surface area contributed by atoms with Crippen LogP contribution < -0.4 is 15.5 Å². The van der Waals surface area contributed by atoms with Crippen LogP contribution in [-0.4, -0.2) is 22.5 Å². The smallest absolute Gasteiger partial charge is 0.322 e. The lowest BCUT2D eigenvalue weighted by molar-refractivity contribution is -0.137. The van der Waals surface area contributed by atoms with Crippen LogP contribution in [0.25, 0.3) is 0 Å². The summed E-state index contributed by atoms with van der Waals surface area (Å²) in [4.78, 5) is 34.3. The molecule has 1 aliphatic rings. The molecule has 0 atom stereocenters. The van der Waals surface area contributed by atoms with E-state index in [1.807, 2.05) is 0 Å². The van der Waals surface area contributed by atoms with Gasteiger partial charge in [-0.15, -0.1) is 0 Å². The van der Waals surface area contributed by atoms with Crippen LogP contribution in [0.4, 0.5) is 34.6 Å². The summed E-state index contributed by atoms with van der Waals surface area (Å²) in [6, 6.07) is 6.81. The number of halogens is 4. The van der Waals surface area contributed by atoms with Crippen LogP contribution in [0, 0.1) is 26.6 Å². The van der Waals surface area contributed by atoms with Crippen molar-refractivity contribution in [3.05, 3.63) is 80.8 Å². The number of carbonyl (C=O) groups is 1. The summed E-state index contributed by atoms with van der Waals surface area (Å²) in [6.07, 6.45) is -4.60. The quantitative estimate of drug-likeness (QED) is 0.584. The second-order valence-electron chi connectivity index (χ2n) is 7.56. The number of aromatic nitrogens is 2. The molecule has 1 aliphatic heterocycles. The van der Waals surface area contributed by atoms with Gasteiger partial charge in [-0.25, -0.2) is 9.18 Å². The van der Waals surface area contributed by atoms with Crippen molar-refractivity contribution in [2.24, 2.45) is 0 Å². The van der Waals surface area contributed by atoms with Crippen molar-refractivity contribution < 1.29 is 22.4 Å². The minimum atomic E-state index is -4.60. The van der Waals surface area contributed by atoms with E-state index in [-0.39, 0.29) is 17.9 Å². The van der Waals surface area contributed by atoms with Crippen LogP contribution in [0.2, 0.25) is 0 Å². The maximum atomic E-state index is 13.7. The third-order valence-corrected chi connectivity index (χ3v) is 5.36. The lowest BCUT2D eigenvalue weighted by Crippen LogP contribution is -2.46. The van der Waals surface area contributed by atoms with Crippen molar-refractivity contribution in [1.29, 1.82) is 0 Å². The SMILES string of the molecule is Cc1cc(F)ccc1N1CN(c2c(C)nc(=O)[nH]c2C)C(=O)c2ccc(C(F)(F)F)cc21. The van der Waals surface area contributed by atoms with Gasteiger partial charge in [0.1, 0.15) is 12.5 Å². The van der Waals surface area contributed by atoms with E-state index >= 15 is 0 Å². The maximum Gasteiger partial charge on any atom is 0.416 e. The number of aromatic amines is 1. The van der Waals surface area contributed by atoms with Crippen molar-refractivity contribution >= 4 is 23.0 Å². The van der Waals surface area contributed by atoms with Crippen LogP contribution >= 0.6 is 0 Å². The molecule has 2 aromatic carbocycles. The Labute approximate surface area is 180 Å². The Morgan fingerprint density at radius 2 is 1.69 bits per heavy atom. The molecule has 0 bridgehead atoms. The lowest BCUT2D eigenvalue weighted by atomic mass is 10.0. The third kappa shape index (κ3) is 3.61. The van der Waals surface area contributed by atoms with Gasteiger partial charge in [-0.2, -0.15) is 18.2 Å². The second-order valence-corrected chi connectivity index (χ2v) is 7.56. The molecule has 166 valence electrons. The molecule has 1 N–H and O–H groups in total. The van der Waals surface area contributed by atoms with Gasteiger partial charge in [-0.3, -0.25) is 9.69 Å². The van der Waals surface area contributed by atoms with E-state index in [9.17, 15) is 27.2 Å². The molecule has 6 nitrogen and oxygen atoms in total. The number of anilines is 3. The molecular weight excluding hydrogens is 428 g/mol. The van der Waals surface area contributed by atoms with E-state index in [2.05, 4.69) is 9.97 Å². The molecule has 0 radical (unpaired) electrons. The lowest BCUT2D eigenvalue weighted by Gasteiger charge is -2.39. The number of amides is 1. The summed E-state index contributed by atoms with van der Waals surface area (Å²) in [5.41, 5.74) is 0.585. The molecule has 0 unspecified atom stereocenters. The Bertz CT molecular complexity index is 1270. The van der Waals surface area contributed by atoms with Gasteiger partial charge < -0.3 is 9.88 Å². The summed E-state index contributed by atoms with van der Waals surface area (Å²) >= 11 is 0. The normalized spacial score (nSPS) is 14.0. The highest BCUT2D eigenvalue weighted by atomic mass is 19.4. The number of aryl methyl sites for hydroxylation is 3. The number of rotatable bonds is 2. The Kier molecular flexibility index (Phi) is 5.03. The Balaban J connectivity index is 1.95. The molecule has 3 aromatic rings. The molecule has 32 heavy (non-hydrogen) atoms. The molecular formula is C22H18F4N4O2. The van der Waals surface area contributed by atoms with Gasteiger partial charge in [0.05, 0.1) is 28.2 Å². The van der Waals surface area contributed by atoms with Gasteiger partial charge in [0.15, 0.2) is 0 Å². The highest BCUT2D eigenvalue weighted by Gasteiger charge is 2.37. The van der Waals surface area contributed by atoms with Crippen molar-refractivity contribution in [2.45, 2.75) is 26.9 Å². The molecule has 4 rings (SSSR count). The third-order valence-electron chi connectivity index (χ3n) is 5.36. The molecule has 0 fully saturated rings. The van der Waals surface area contributed by atoms with E-state index in [0.29, 0.717) is 28.3 Å². The van der Waals surface area contributed by atoms with Crippen molar-refractivity contribution in [3.8, 4) is 0 Å². The standard InChI is InChI=1S/C22H18F4N4O2/c1-11-8-15(23)5-7-17(11)29-10-30(19-12(2)27-21(32)28-13(19)3)20(31)16-6-4-14(9-18(16)29)22(24,25)26/h4-9H,10H2,1-3H3,(H,27,28,32). The zero-order valence-corrected chi connectivity index (χ0v) is 17.3. The van der Waals surface area contributed by atoms with Gasteiger partial charge in [0.25, 0.3) is 5.91 Å². The van der Waals surface area contributed by atoms with Crippen molar-refractivity contribution in [1.82, 2.24) is 9.97 Å². The van der Waals surface area contributed by atoms with Crippen LogP contribution in [0.1, 0.15) is 32.9 Å². The first-order chi connectivity index (χ1) is 15.0. The van der Waals surface area contributed by atoms with Gasteiger partial charge >= 0.3 is 11.9 Å². The number of nitrogens with one attached hydrogen (secondary N) is 1. The Hall–Kier alpha value is -3.69. The van der Waals surface area contributed by atoms with Crippen LogP contribution in [0.15, 0.2) is 41.2 Å². The minimum absolute atomic E-state index is 0.0398. The highest BCUT2D eigenvalue weighted by molar-refractivity contribution is 6.13. The molecule has 10 heteroatoms. The number of nitrogens with zero attached hydrogens (tertiary/aromatic N) is 3. The van der Waals surface area contributed by atoms with E-state index in [1.165, 1.54) is 28.0 Å². The number of benzene rings is 2. The molecule has 0 saturated heterocycles. The average molecular weight is 446 g/mol. The fraction of sp³-hybridized carbons (Fsp3) is 0.227. The van der Waals surface area contributed by atoms with Gasteiger partial charge in [0.2, 0.25) is 0 Å². The zero-order chi connectivity index (χ0) is 23.4. The van der Waals surface area contributed by atoms with Crippen molar-refractivity contribution in [3.63, 3.8) is 0 Å². The largest absolute Gasteiger partial charge is 0.416 e. The molecule has 1 amide bonds. The first-order valence-corrected chi connectivity index (χ1v) is 9.61. The number of hydrogen-bond donors (Lipinski definition) is 1. The maximum absolute atomic E-state index is 13.7. The van der Waals surface area contributed by atoms with E-state index in [1.54, 1.807) is 20.8 Å². The van der Waals surface area contributed by atoms with E-state index in [0.717, 1.165) is 18.2 Å². The average Bonchev–Trinajstić information content (AvgIpc) is 2.68. The topological polar surface area (TPSA) is 69.3 Å². The van der Waals surface area contributed by atoms with Crippen LogP contribution in [0.3, 0.4) is 0 Å². The monoisotopic (exact) mass is 446 g/mol. The zero-order valence-electron chi connectivity index (χ0n) is 17.3. The van der Waals surface area contributed by atoms with Crippen LogP contribution in [-0.2, 0) is 6.18 Å². The fourth-order valence-electron chi connectivity index (χ4n) is 3.96. The Morgan fingerprint density at radius 3 is 2.31 bits per heavy atom. The first-order valence-electron chi connectivity index (χ1n) is 9.61. The van der Waals surface area contributed by atoms with E-state index in [4.69, 9.17) is 0 Å².